The van der Waals surface area contributed by atoms with Crippen molar-refractivity contribution in [3.8, 4) is 0 Å². The number of hydrogen-bond acceptors (Lipinski definition) is 4. The van der Waals surface area contributed by atoms with Gasteiger partial charge in [-0.25, -0.2) is 4.98 Å². The molecule has 0 spiro atoms. The van der Waals surface area contributed by atoms with E-state index in [1.165, 1.54) is 11.3 Å². The van der Waals surface area contributed by atoms with Crippen molar-refractivity contribution in [1.82, 2.24) is 20.2 Å². The monoisotopic (exact) mass is 354 g/mol. The molecule has 128 valence electrons. The van der Waals surface area contributed by atoms with Gasteiger partial charge in [-0.1, -0.05) is 12.1 Å². The van der Waals surface area contributed by atoms with Gasteiger partial charge >= 0.3 is 0 Å². The number of H-pyrrole nitrogens is 1. The van der Waals surface area contributed by atoms with E-state index in [4.69, 9.17) is 0 Å². The number of likely N-dealkylation sites (tertiary alicyclic amines) is 1. The van der Waals surface area contributed by atoms with Crippen LogP contribution in [0.1, 0.15) is 33.0 Å². The summed E-state index contributed by atoms with van der Waals surface area (Å²) in [5.41, 5.74) is 4.77. The molecule has 3 heterocycles. The summed E-state index contributed by atoms with van der Waals surface area (Å²) in [6, 6.07) is 8.00. The van der Waals surface area contributed by atoms with Gasteiger partial charge in [-0.05, 0) is 31.0 Å². The van der Waals surface area contributed by atoms with E-state index in [0.717, 1.165) is 22.9 Å². The van der Waals surface area contributed by atoms with E-state index in [9.17, 15) is 9.59 Å². The van der Waals surface area contributed by atoms with Gasteiger partial charge in [-0.15, -0.1) is 11.3 Å². The summed E-state index contributed by atoms with van der Waals surface area (Å²) in [6.45, 7) is 3.18. The van der Waals surface area contributed by atoms with E-state index in [-0.39, 0.29) is 17.9 Å². The van der Waals surface area contributed by atoms with E-state index in [2.05, 4.69) is 15.3 Å². The maximum Gasteiger partial charge on any atom is 0.270 e. The minimum atomic E-state index is -0.193. The second-order valence-electron chi connectivity index (χ2n) is 6.30. The molecule has 1 aromatic carbocycles. The topological polar surface area (TPSA) is 78.1 Å². The number of hydrogen-bond donors (Lipinski definition) is 2. The van der Waals surface area contributed by atoms with Crippen molar-refractivity contribution < 1.29 is 9.59 Å². The van der Waals surface area contributed by atoms with Crippen molar-refractivity contribution in [3.05, 3.63) is 52.1 Å². The molecule has 2 amide bonds. The Bertz CT molecular complexity index is 932. The number of nitrogens with zero attached hydrogens (tertiary/aromatic N) is 2. The van der Waals surface area contributed by atoms with Gasteiger partial charge in [-0.2, -0.15) is 0 Å². The van der Waals surface area contributed by atoms with Crippen LogP contribution in [0.3, 0.4) is 0 Å². The zero-order valence-electron chi connectivity index (χ0n) is 13.8. The van der Waals surface area contributed by atoms with Crippen molar-refractivity contribution in [1.29, 1.82) is 0 Å². The van der Waals surface area contributed by atoms with Gasteiger partial charge in [0.15, 0.2) is 0 Å². The van der Waals surface area contributed by atoms with Crippen LogP contribution in [0.5, 0.6) is 0 Å². The maximum atomic E-state index is 12.7. The number of thiazole rings is 1. The molecule has 1 saturated heterocycles. The van der Waals surface area contributed by atoms with E-state index >= 15 is 0 Å². The van der Waals surface area contributed by atoms with E-state index in [1.54, 1.807) is 15.8 Å². The third kappa shape index (κ3) is 3.02. The lowest BCUT2D eigenvalue weighted by molar-refractivity contribution is 0.0450. The SMILES string of the molecule is Cc1ccc2cc(C(=O)N3CCC3CNC(=O)c3cscn3)[nH]c2c1. The van der Waals surface area contributed by atoms with Crippen LogP contribution in [0.15, 0.2) is 35.2 Å². The minimum Gasteiger partial charge on any atom is -0.351 e. The van der Waals surface area contributed by atoms with Gasteiger partial charge in [0.2, 0.25) is 0 Å². The van der Waals surface area contributed by atoms with Crippen LogP contribution in [0.4, 0.5) is 0 Å². The molecule has 0 bridgehead atoms. The Hall–Kier alpha value is -2.67. The molecule has 2 aromatic heterocycles. The lowest BCUT2D eigenvalue weighted by atomic mass is 10.0. The number of carbonyl (C=O) groups is 2. The Kier molecular flexibility index (Phi) is 4.01. The first-order valence-electron chi connectivity index (χ1n) is 8.18. The fourth-order valence-corrected chi connectivity index (χ4v) is 3.59. The number of fused-ring (bicyclic) bond motifs is 1. The highest BCUT2D eigenvalue weighted by atomic mass is 32.1. The Morgan fingerprint density at radius 1 is 1.40 bits per heavy atom. The second-order valence-corrected chi connectivity index (χ2v) is 7.02. The zero-order valence-corrected chi connectivity index (χ0v) is 14.6. The van der Waals surface area contributed by atoms with Gasteiger partial charge in [-0.3, -0.25) is 9.59 Å². The third-order valence-electron chi connectivity index (χ3n) is 4.58. The first kappa shape index (κ1) is 15.8. The fraction of sp³-hybridized carbons (Fsp3) is 0.278. The highest BCUT2D eigenvalue weighted by molar-refractivity contribution is 7.07. The van der Waals surface area contributed by atoms with Crippen molar-refractivity contribution in [3.63, 3.8) is 0 Å². The summed E-state index contributed by atoms with van der Waals surface area (Å²) < 4.78 is 0. The highest BCUT2D eigenvalue weighted by Gasteiger charge is 2.33. The van der Waals surface area contributed by atoms with Crippen LogP contribution in [0.25, 0.3) is 10.9 Å². The van der Waals surface area contributed by atoms with Crippen molar-refractivity contribution in [2.45, 2.75) is 19.4 Å². The first-order chi connectivity index (χ1) is 12.1. The summed E-state index contributed by atoms with van der Waals surface area (Å²) >= 11 is 1.39. The Labute approximate surface area is 148 Å². The smallest absolute Gasteiger partial charge is 0.270 e. The maximum absolute atomic E-state index is 12.7. The van der Waals surface area contributed by atoms with Crippen molar-refractivity contribution in [2.75, 3.05) is 13.1 Å². The average molecular weight is 354 g/mol. The lowest BCUT2D eigenvalue weighted by Crippen LogP contribution is -2.56. The molecule has 0 aliphatic carbocycles. The summed E-state index contributed by atoms with van der Waals surface area (Å²) in [4.78, 5) is 33.7. The minimum absolute atomic E-state index is 0.0204. The van der Waals surface area contributed by atoms with Crippen LogP contribution in [0, 0.1) is 6.92 Å². The summed E-state index contributed by atoms with van der Waals surface area (Å²) in [7, 11) is 0. The molecule has 25 heavy (non-hydrogen) atoms. The van der Waals surface area contributed by atoms with E-state index < -0.39 is 0 Å². The number of aryl methyl sites for hydroxylation is 1. The number of amides is 2. The van der Waals surface area contributed by atoms with Crippen molar-refractivity contribution in [2.24, 2.45) is 0 Å². The predicted octanol–water partition coefficient (Wildman–Crippen LogP) is 2.58. The molecule has 1 aliphatic heterocycles. The molecule has 7 heteroatoms. The Morgan fingerprint density at radius 2 is 2.28 bits per heavy atom. The Morgan fingerprint density at radius 3 is 3.00 bits per heavy atom. The summed E-state index contributed by atoms with van der Waals surface area (Å²) in [6.07, 6.45) is 0.891. The quantitative estimate of drug-likeness (QED) is 0.756. The van der Waals surface area contributed by atoms with Crippen LogP contribution in [0.2, 0.25) is 0 Å². The molecule has 2 N–H and O–H groups in total. The summed E-state index contributed by atoms with van der Waals surface area (Å²) in [5.74, 6) is -0.213. The zero-order chi connectivity index (χ0) is 17.4. The van der Waals surface area contributed by atoms with Crippen LogP contribution < -0.4 is 5.32 Å². The lowest BCUT2D eigenvalue weighted by Gasteiger charge is -2.40. The number of aromatic nitrogens is 2. The molecular formula is C18H18N4O2S. The molecule has 1 unspecified atom stereocenters. The molecule has 0 saturated carbocycles. The van der Waals surface area contributed by atoms with Crippen LogP contribution in [-0.2, 0) is 0 Å². The molecule has 6 nitrogen and oxygen atoms in total. The predicted molar refractivity (Wildman–Crippen MR) is 96.9 cm³/mol. The largest absolute Gasteiger partial charge is 0.351 e. The number of carbonyl (C=O) groups excluding carboxylic acids is 2. The molecule has 1 aliphatic rings. The van der Waals surface area contributed by atoms with Crippen LogP contribution in [-0.4, -0.2) is 45.8 Å². The number of rotatable bonds is 4. The number of nitrogens with one attached hydrogen (secondary N) is 2. The van der Waals surface area contributed by atoms with Gasteiger partial charge in [0, 0.05) is 29.4 Å². The second kappa shape index (κ2) is 6.33. The van der Waals surface area contributed by atoms with Crippen LogP contribution >= 0.6 is 11.3 Å². The molecule has 1 fully saturated rings. The number of benzene rings is 1. The summed E-state index contributed by atoms with van der Waals surface area (Å²) in [5, 5.41) is 5.60. The molecular weight excluding hydrogens is 336 g/mol. The highest BCUT2D eigenvalue weighted by Crippen LogP contribution is 2.23. The molecule has 0 radical (unpaired) electrons. The van der Waals surface area contributed by atoms with Gasteiger partial charge < -0.3 is 15.2 Å². The number of aromatic amines is 1. The standard InChI is InChI=1S/C18H18N4O2S/c1-11-2-3-12-7-15(21-14(12)6-11)18(24)22-5-4-13(22)8-19-17(23)16-9-25-10-20-16/h2-3,6-7,9-10,13,21H,4-5,8H2,1H3,(H,19,23). The first-order valence-corrected chi connectivity index (χ1v) is 9.13. The third-order valence-corrected chi connectivity index (χ3v) is 5.16. The normalized spacial score (nSPS) is 16.7. The van der Waals surface area contributed by atoms with E-state index in [0.29, 0.717) is 24.5 Å². The van der Waals surface area contributed by atoms with Gasteiger partial charge in [0.05, 0.1) is 11.6 Å². The Balaban J connectivity index is 1.42. The van der Waals surface area contributed by atoms with Gasteiger partial charge in [0.25, 0.3) is 11.8 Å². The van der Waals surface area contributed by atoms with Gasteiger partial charge in [0.1, 0.15) is 11.4 Å². The molecule has 3 aromatic rings. The van der Waals surface area contributed by atoms with E-state index in [1.807, 2.05) is 31.2 Å². The average Bonchev–Trinajstić information content (AvgIpc) is 3.22. The molecule has 1 atom stereocenters. The fourth-order valence-electron chi connectivity index (χ4n) is 3.06. The molecule has 4 rings (SSSR count). The van der Waals surface area contributed by atoms with Crippen molar-refractivity contribution >= 4 is 34.1 Å².